The van der Waals surface area contributed by atoms with Gasteiger partial charge >= 0.3 is 0 Å². The van der Waals surface area contributed by atoms with Gasteiger partial charge in [0.25, 0.3) is 0 Å². The molecule has 2 N–H and O–H groups in total. The zero-order valence-electron chi connectivity index (χ0n) is 15.0. The Morgan fingerprint density at radius 3 is 1.57 bits per heavy atom. The Kier molecular flexibility index (Phi) is 4.59. The third-order valence-corrected chi connectivity index (χ3v) is 4.18. The van der Waals surface area contributed by atoms with Crippen LogP contribution in [-0.4, -0.2) is 10.2 Å². The van der Waals surface area contributed by atoms with Crippen molar-refractivity contribution in [3.8, 4) is 5.75 Å². The van der Waals surface area contributed by atoms with Crippen molar-refractivity contribution < 1.29 is 10.2 Å². The molecule has 0 aromatic heterocycles. The lowest BCUT2D eigenvalue weighted by Gasteiger charge is -2.29. The summed E-state index contributed by atoms with van der Waals surface area (Å²) in [4.78, 5) is 0. The highest BCUT2D eigenvalue weighted by Gasteiger charge is 2.28. The maximum Gasteiger partial charge on any atom is 0.123 e. The first-order valence-corrected chi connectivity index (χ1v) is 8.12. The fourth-order valence-corrected chi connectivity index (χ4v) is 2.79. The summed E-state index contributed by atoms with van der Waals surface area (Å²) < 4.78 is 0. The molecule has 0 bridgehead atoms. The highest BCUT2D eigenvalue weighted by molar-refractivity contribution is 5.51. The van der Waals surface area contributed by atoms with Gasteiger partial charge in [0.15, 0.2) is 0 Å². The van der Waals surface area contributed by atoms with Crippen molar-refractivity contribution in [3.63, 3.8) is 0 Å². The number of phenolic OH excluding ortho intramolecular Hbond substituents is 1. The number of aliphatic hydroxyl groups is 1. The fraction of sp³-hybridized carbons (Fsp3) is 0.429. The molecule has 0 aliphatic carbocycles. The number of aromatic hydroxyl groups is 1. The second-order valence-corrected chi connectivity index (χ2v) is 8.28. The van der Waals surface area contributed by atoms with E-state index in [0.717, 1.165) is 22.3 Å². The Morgan fingerprint density at radius 1 is 0.739 bits per heavy atom. The summed E-state index contributed by atoms with van der Waals surface area (Å²) >= 11 is 0. The van der Waals surface area contributed by atoms with Gasteiger partial charge in [0, 0.05) is 0 Å². The van der Waals surface area contributed by atoms with Crippen LogP contribution in [0.1, 0.15) is 69.9 Å². The zero-order chi connectivity index (χ0) is 17.4. The number of aliphatic hydroxyl groups excluding tert-OH is 1. The molecule has 0 fully saturated rings. The molecule has 2 aromatic carbocycles. The molecule has 124 valence electrons. The lowest BCUT2D eigenvalue weighted by atomic mass is 9.77. The predicted octanol–water partition coefficient (Wildman–Crippen LogP) is 5.07. The van der Waals surface area contributed by atoms with Gasteiger partial charge in [0.05, 0.1) is 0 Å². The molecule has 2 nitrogen and oxygen atoms in total. The van der Waals surface area contributed by atoms with E-state index in [1.54, 1.807) is 0 Å². The normalized spacial score (nSPS) is 13.9. The Morgan fingerprint density at radius 2 is 1.17 bits per heavy atom. The average Bonchev–Trinajstić information content (AvgIpc) is 2.45. The van der Waals surface area contributed by atoms with Crippen molar-refractivity contribution >= 4 is 0 Å². The van der Waals surface area contributed by atoms with Gasteiger partial charge in [-0.05, 0) is 45.2 Å². The van der Waals surface area contributed by atoms with E-state index in [9.17, 15) is 10.2 Å². The Balaban J connectivity index is 2.65. The maximum atomic E-state index is 10.8. The molecule has 0 heterocycles. The first-order chi connectivity index (χ1) is 10.5. The van der Waals surface area contributed by atoms with Gasteiger partial charge < -0.3 is 10.2 Å². The van der Waals surface area contributed by atoms with Crippen molar-refractivity contribution in [3.05, 3.63) is 64.7 Å². The minimum atomic E-state index is -0.695. The summed E-state index contributed by atoms with van der Waals surface area (Å²) in [6.07, 6.45) is -0.695. The van der Waals surface area contributed by atoms with Crippen LogP contribution in [0.5, 0.6) is 5.75 Å². The Bertz CT molecular complexity index is 638. The fourth-order valence-electron chi connectivity index (χ4n) is 2.79. The zero-order valence-corrected chi connectivity index (χ0v) is 15.0. The molecular formula is C21H28O2. The SMILES string of the molecule is CC(C)(C)c1cc([C@H](O)c2ccccc2)cc(C(C)(C)C)c1O. The van der Waals surface area contributed by atoms with Gasteiger partial charge in [-0.15, -0.1) is 0 Å². The highest BCUT2D eigenvalue weighted by Crippen LogP contribution is 2.41. The van der Waals surface area contributed by atoms with Crippen molar-refractivity contribution in [2.45, 2.75) is 58.5 Å². The van der Waals surface area contributed by atoms with Crippen LogP contribution in [0.3, 0.4) is 0 Å². The van der Waals surface area contributed by atoms with Crippen molar-refractivity contribution in [1.29, 1.82) is 0 Å². The third kappa shape index (κ3) is 3.76. The van der Waals surface area contributed by atoms with E-state index in [1.807, 2.05) is 42.5 Å². The molecule has 2 rings (SSSR count). The predicted molar refractivity (Wildman–Crippen MR) is 96.0 cm³/mol. The summed E-state index contributed by atoms with van der Waals surface area (Å²) in [6.45, 7) is 12.5. The van der Waals surface area contributed by atoms with Crippen molar-refractivity contribution in [2.75, 3.05) is 0 Å². The van der Waals surface area contributed by atoms with E-state index in [1.165, 1.54) is 0 Å². The van der Waals surface area contributed by atoms with E-state index < -0.39 is 6.10 Å². The first-order valence-electron chi connectivity index (χ1n) is 8.12. The van der Waals surface area contributed by atoms with Gasteiger partial charge in [-0.25, -0.2) is 0 Å². The smallest absolute Gasteiger partial charge is 0.123 e. The van der Waals surface area contributed by atoms with Crippen LogP contribution in [0.2, 0.25) is 0 Å². The average molecular weight is 312 g/mol. The van der Waals surface area contributed by atoms with Crippen LogP contribution >= 0.6 is 0 Å². The standard InChI is InChI=1S/C21H28O2/c1-20(2,3)16-12-15(13-17(19(16)23)21(4,5)6)18(22)14-10-8-7-9-11-14/h7-13,18,22-23H,1-6H3/t18-/m1/s1. The summed E-state index contributed by atoms with van der Waals surface area (Å²) in [5.41, 5.74) is 3.03. The molecule has 0 spiro atoms. The topological polar surface area (TPSA) is 40.5 Å². The van der Waals surface area contributed by atoms with Gasteiger partial charge in [0.1, 0.15) is 11.9 Å². The van der Waals surface area contributed by atoms with E-state index in [4.69, 9.17) is 0 Å². The quantitative estimate of drug-likeness (QED) is 0.813. The second kappa shape index (κ2) is 6.01. The molecule has 1 atom stereocenters. The molecule has 0 saturated carbocycles. The van der Waals surface area contributed by atoms with Crippen molar-refractivity contribution in [1.82, 2.24) is 0 Å². The van der Waals surface area contributed by atoms with E-state index >= 15 is 0 Å². The number of phenols is 1. The molecule has 23 heavy (non-hydrogen) atoms. The van der Waals surface area contributed by atoms with E-state index in [2.05, 4.69) is 41.5 Å². The molecule has 2 aromatic rings. The van der Waals surface area contributed by atoms with Crippen LogP contribution in [0.25, 0.3) is 0 Å². The molecule has 0 amide bonds. The Labute approximate surface area is 139 Å². The van der Waals surface area contributed by atoms with Gasteiger partial charge in [-0.1, -0.05) is 71.9 Å². The molecule has 0 unspecified atom stereocenters. The summed E-state index contributed by atoms with van der Waals surface area (Å²) in [5, 5.41) is 21.5. The molecule has 0 saturated heterocycles. The van der Waals surface area contributed by atoms with Crippen LogP contribution in [0, 0.1) is 0 Å². The minimum absolute atomic E-state index is 0.198. The van der Waals surface area contributed by atoms with Crippen LogP contribution < -0.4 is 0 Å². The summed E-state index contributed by atoms with van der Waals surface area (Å²) in [5.74, 6) is 0.342. The number of benzene rings is 2. The molecule has 0 aliphatic rings. The van der Waals surface area contributed by atoms with Crippen LogP contribution in [0.15, 0.2) is 42.5 Å². The van der Waals surface area contributed by atoms with E-state index in [-0.39, 0.29) is 10.8 Å². The minimum Gasteiger partial charge on any atom is -0.507 e. The van der Waals surface area contributed by atoms with E-state index in [0.29, 0.717) is 5.75 Å². The highest BCUT2D eigenvalue weighted by atomic mass is 16.3. The monoisotopic (exact) mass is 312 g/mol. The first kappa shape index (κ1) is 17.6. The lowest BCUT2D eigenvalue weighted by molar-refractivity contribution is 0.219. The third-order valence-electron chi connectivity index (χ3n) is 4.18. The molecule has 2 heteroatoms. The van der Waals surface area contributed by atoms with Crippen LogP contribution in [0.4, 0.5) is 0 Å². The van der Waals surface area contributed by atoms with Crippen LogP contribution in [-0.2, 0) is 10.8 Å². The largest absolute Gasteiger partial charge is 0.507 e. The summed E-state index contributed by atoms with van der Waals surface area (Å²) in [6, 6.07) is 13.5. The number of hydrogen-bond donors (Lipinski definition) is 2. The number of rotatable bonds is 2. The molecular weight excluding hydrogens is 284 g/mol. The molecule has 0 radical (unpaired) electrons. The maximum absolute atomic E-state index is 10.8. The molecule has 0 aliphatic heterocycles. The summed E-state index contributed by atoms with van der Waals surface area (Å²) in [7, 11) is 0. The van der Waals surface area contributed by atoms with Crippen molar-refractivity contribution in [2.24, 2.45) is 0 Å². The van der Waals surface area contributed by atoms with Gasteiger partial charge in [-0.2, -0.15) is 0 Å². The number of hydrogen-bond acceptors (Lipinski definition) is 2. The van der Waals surface area contributed by atoms with Gasteiger partial charge in [0.2, 0.25) is 0 Å². The lowest BCUT2D eigenvalue weighted by Crippen LogP contribution is -2.18. The second-order valence-electron chi connectivity index (χ2n) is 8.28. The Hall–Kier alpha value is -1.80. The van der Waals surface area contributed by atoms with Gasteiger partial charge in [-0.3, -0.25) is 0 Å².